The van der Waals surface area contributed by atoms with E-state index in [1.165, 1.54) is 4.90 Å². The number of thioether (sulfide) groups is 1. The van der Waals surface area contributed by atoms with Crippen molar-refractivity contribution in [1.82, 2.24) is 0 Å². The van der Waals surface area contributed by atoms with Crippen molar-refractivity contribution in [3.63, 3.8) is 0 Å². The normalized spacial score (nSPS) is 16.4. The van der Waals surface area contributed by atoms with E-state index in [9.17, 15) is 13.6 Å². The second kappa shape index (κ2) is 7.56. The molecular formula is C13H17F2N2O2S+. The first-order valence-corrected chi connectivity index (χ1v) is 7.27. The average Bonchev–Trinajstić information content (AvgIpc) is 2.41. The third kappa shape index (κ3) is 5.07. The number of alkyl halides is 2. The molecular weight excluding hydrogens is 286 g/mol. The predicted octanol–water partition coefficient (Wildman–Crippen LogP) is 0.855. The van der Waals surface area contributed by atoms with Crippen molar-refractivity contribution in [2.45, 2.75) is 10.7 Å². The maximum absolute atomic E-state index is 12.2. The highest BCUT2D eigenvalue weighted by atomic mass is 32.2. The lowest BCUT2D eigenvalue weighted by atomic mass is 10.3. The molecule has 0 unspecified atom stereocenters. The number of nitrogens with one attached hydrogen (secondary N) is 2. The van der Waals surface area contributed by atoms with E-state index < -0.39 is 5.76 Å². The van der Waals surface area contributed by atoms with E-state index in [1.807, 2.05) is 0 Å². The van der Waals surface area contributed by atoms with Gasteiger partial charge in [-0.1, -0.05) is 11.8 Å². The molecule has 2 rings (SSSR count). The van der Waals surface area contributed by atoms with Gasteiger partial charge in [0, 0.05) is 10.6 Å². The molecule has 4 nitrogen and oxygen atoms in total. The molecule has 0 radical (unpaired) electrons. The largest absolute Gasteiger partial charge is 0.370 e. The van der Waals surface area contributed by atoms with E-state index >= 15 is 0 Å². The number of halogens is 2. The summed E-state index contributed by atoms with van der Waals surface area (Å²) in [6.07, 6.45) is 0. The summed E-state index contributed by atoms with van der Waals surface area (Å²) in [5, 5.41) is 2.77. The van der Waals surface area contributed by atoms with Gasteiger partial charge in [-0.25, -0.2) is 0 Å². The molecule has 0 bridgehead atoms. The lowest BCUT2D eigenvalue weighted by Gasteiger charge is -2.23. The standard InChI is InChI=1S/C13H16F2N2O2S/c14-13(15)20-11-3-1-10(2-4-11)16-12(18)9-17-5-7-19-8-6-17/h1-4,13H,5-9H2,(H,16,18)/p+1. The quantitative estimate of drug-likeness (QED) is 0.793. The van der Waals surface area contributed by atoms with Crippen molar-refractivity contribution in [3.05, 3.63) is 24.3 Å². The van der Waals surface area contributed by atoms with E-state index in [4.69, 9.17) is 4.74 Å². The van der Waals surface area contributed by atoms with Crippen LogP contribution in [0.25, 0.3) is 0 Å². The summed E-state index contributed by atoms with van der Waals surface area (Å²) in [4.78, 5) is 13.5. The van der Waals surface area contributed by atoms with E-state index in [0.29, 0.717) is 42.1 Å². The van der Waals surface area contributed by atoms with E-state index in [-0.39, 0.29) is 5.91 Å². The molecule has 1 heterocycles. The van der Waals surface area contributed by atoms with Gasteiger partial charge in [-0.15, -0.1) is 0 Å². The molecule has 1 saturated heterocycles. The summed E-state index contributed by atoms with van der Waals surface area (Å²) >= 11 is 0.490. The Morgan fingerprint density at radius 1 is 1.30 bits per heavy atom. The number of anilines is 1. The highest BCUT2D eigenvalue weighted by Gasteiger charge is 2.17. The molecule has 1 amide bonds. The van der Waals surface area contributed by atoms with E-state index in [2.05, 4.69) is 5.32 Å². The Morgan fingerprint density at radius 3 is 2.55 bits per heavy atom. The van der Waals surface area contributed by atoms with Gasteiger partial charge in [-0.05, 0) is 24.3 Å². The number of benzene rings is 1. The third-order valence-corrected chi connectivity index (χ3v) is 3.70. The maximum atomic E-state index is 12.2. The van der Waals surface area contributed by atoms with Crippen LogP contribution >= 0.6 is 11.8 Å². The van der Waals surface area contributed by atoms with Crippen LogP contribution in [0.2, 0.25) is 0 Å². The second-order valence-corrected chi connectivity index (χ2v) is 5.55. The molecule has 1 fully saturated rings. The van der Waals surface area contributed by atoms with Gasteiger partial charge in [-0.2, -0.15) is 8.78 Å². The third-order valence-electron chi connectivity index (χ3n) is 2.97. The van der Waals surface area contributed by atoms with Crippen molar-refractivity contribution in [2.75, 3.05) is 38.2 Å². The summed E-state index contributed by atoms with van der Waals surface area (Å²) in [5.74, 6) is -2.50. The van der Waals surface area contributed by atoms with E-state index in [1.54, 1.807) is 24.3 Å². The fourth-order valence-corrected chi connectivity index (χ4v) is 2.49. The number of rotatable bonds is 5. The molecule has 1 aromatic rings. The number of carbonyl (C=O) groups excluding carboxylic acids is 1. The molecule has 20 heavy (non-hydrogen) atoms. The Morgan fingerprint density at radius 2 is 1.95 bits per heavy atom. The average molecular weight is 303 g/mol. The first kappa shape index (κ1) is 15.2. The van der Waals surface area contributed by atoms with Crippen LogP contribution in [0.1, 0.15) is 0 Å². The molecule has 7 heteroatoms. The number of amides is 1. The molecule has 2 N–H and O–H groups in total. The number of hydrogen-bond donors (Lipinski definition) is 2. The van der Waals surface area contributed by atoms with E-state index in [0.717, 1.165) is 13.1 Å². The van der Waals surface area contributed by atoms with Crippen molar-refractivity contribution < 1.29 is 23.2 Å². The molecule has 0 aliphatic carbocycles. The van der Waals surface area contributed by atoms with Crippen molar-refractivity contribution in [1.29, 1.82) is 0 Å². The zero-order chi connectivity index (χ0) is 14.4. The van der Waals surface area contributed by atoms with Crippen LogP contribution in [-0.2, 0) is 9.53 Å². The first-order chi connectivity index (χ1) is 9.63. The molecule has 0 aromatic heterocycles. The minimum atomic E-state index is -2.43. The van der Waals surface area contributed by atoms with Gasteiger partial charge in [0.15, 0.2) is 6.54 Å². The number of carbonyl (C=O) groups is 1. The SMILES string of the molecule is O=C(C[NH+]1CCOCC1)Nc1ccc(SC(F)F)cc1. The fraction of sp³-hybridized carbons (Fsp3) is 0.462. The minimum absolute atomic E-state index is 0.0730. The van der Waals surface area contributed by atoms with Gasteiger partial charge in [0.1, 0.15) is 13.1 Å². The molecule has 0 saturated carbocycles. The van der Waals surface area contributed by atoms with Crippen LogP contribution in [0, 0.1) is 0 Å². The number of morpholine rings is 1. The Balaban J connectivity index is 1.81. The fourth-order valence-electron chi connectivity index (χ4n) is 1.99. The Hall–Kier alpha value is -1.18. The first-order valence-electron chi connectivity index (χ1n) is 6.39. The van der Waals surface area contributed by atoms with Gasteiger partial charge in [0.2, 0.25) is 0 Å². The Bertz CT molecular complexity index is 437. The van der Waals surface area contributed by atoms with Crippen molar-refractivity contribution in [2.24, 2.45) is 0 Å². The highest BCUT2D eigenvalue weighted by Crippen LogP contribution is 2.25. The smallest absolute Gasteiger partial charge is 0.288 e. The monoisotopic (exact) mass is 303 g/mol. The van der Waals surface area contributed by atoms with Gasteiger partial charge in [0.05, 0.1) is 13.2 Å². The molecule has 1 aliphatic rings. The summed E-state index contributed by atoms with van der Waals surface area (Å²) < 4.78 is 29.6. The van der Waals surface area contributed by atoms with Crippen LogP contribution in [0.5, 0.6) is 0 Å². The Kier molecular flexibility index (Phi) is 5.75. The maximum Gasteiger partial charge on any atom is 0.288 e. The Labute approximate surface area is 120 Å². The van der Waals surface area contributed by atoms with Gasteiger partial charge >= 0.3 is 0 Å². The van der Waals surface area contributed by atoms with Crippen LogP contribution in [0.4, 0.5) is 14.5 Å². The van der Waals surface area contributed by atoms with Gasteiger partial charge < -0.3 is 15.0 Å². The van der Waals surface area contributed by atoms with Crippen molar-refractivity contribution in [3.8, 4) is 0 Å². The lowest BCUT2D eigenvalue weighted by molar-refractivity contribution is -0.899. The van der Waals surface area contributed by atoms with Crippen LogP contribution in [-0.4, -0.2) is 44.5 Å². The molecule has 110 valence electrons. The minimum Gasteiger partial charge on any atom is -0.370 e. The summed E-state index contributed by atoms with van der Waals surface area (Å²) in [7, 11) is 0. The van der Waals surface area contributed by atoms with Crippen LogP contribution in [0.3, 0.4) is 0 Å². The van der Waals surface area contributed by atoms with Crippen molar-refractivity contribution >= 4 is 23.4 Å². The van der Waals surface area contributed by atoms with Crippen LogP contribution < -0.4 is 10.2 Å². The molecule has 0 atom stereocenters. The zero-order valence-electron chi connectivity index (χ0n) is 10.9. The molecule has 1 aromatic carbocycles. The van der Waals surface area contributed by atoms with Gasteiger partial charge in [-0.3, -0.25) is 4.79 Å². The van der Waals surface area contributed by atoms with Gasteiger partial charge in [0.25, 0.3) is 11.7 Å². The second-order valence-electron chi connectivity index (χ2n) is 4.49. The highest BCUT2D eigenvalue weighted by molar-refractivity contribution is 7.99. The zero-order valence-corrected chi connectivity index (χ0v) is 11.7. The molecule has 0 spiro atoms. The summed E-state index contributed by atoms with van der Waals surface area (Å²) in [6.45, 7) is 3.43. The number of quaternary nitrogens is 1. The predicted molar refractivity (Wildman–Crippen MR) is 73.3 cm³/mol. The summed E-state index contributed by atoms with van der Waals surface area (Å²) in [5.41, 5.74) is 0.626. The topological polar surface area (TPSA) is 42.8 Å². The molecule has 1 aliphatic heterocycles. The number of hydrogen-bond acceptors (Lipinski definition) is 3. The summed E-state index contributed by atoms with van der Waals surface area (Å²) in [6, 6.07) is 6.43. The lowest BCUT2D eigenvalue weighted by Crippen LogP contribution is -3.15. The van der Waals surface area contributed by atoms with Crippen LogP contribution in [0.15, 0.2) is 29.2 Å². The number of ether oxygens (including phenoxy) is 1.